The molecule has 0 spiro atoms. The lowest BCUT2D eigenvalue weighted by Crippen LogP contribution is -2.44. The molecule has 3 atom stereocenters. The molecular formula is C20H28F3N3O4S. The largest absolute Gasteiger partial charge is 0.490 e. The standard InChI is InChI=1S/C18H27N3O2S.C2HF3O2/c1-13-2-7-21(8-3-13)18(22)15-10-14-4-6-20(11-16(14)23-15)12-17-19-5-9-24-17;3-2(4,5)1(6)7/h5,9,13-16H,2-4,6-8,10-12H2,1H3;(H,6,7)/t14-,15+,16+;/m0./s1. The number of carbonyl (C=O) groups is 2. The van der Waals surface area contributed by atoms with Gasteiger partial charge < -0.3 is 14.7 Å². The van der Waals surface area contributed by atoms with Gasteiger partial charge in [-0.2, -0.15) is 13.2 Å². The Hall–Kier alpha value is -1.72. The SMILES string of the molecule is CC1CCN(C(=O)[C@H]2C[C@@H]3CCN(Cc4nccs4)C[C@H]3O2)CC1.O=C(O)C(F)(F)F. The highest BCUT2D eigenvalue weighted by Crippen LogP contribution is 2.35. The summed E-state index contributed by atoms with van der Waals surface area (Å²) in [5, 5.41) is 10.3. The van der Waals surface area contributed by atoms with Gasteiger partial charge in [0.25, 0.3) is 5.91 Å². The predicted molar refractivity (Wildman–Crippen MR) is 107 cm³/mol. The summed E-state index contributed by atoms with van der Waals surface area (Å²) in [6.45, 7) is 7.03. The molecule has 1 N–H and O–H groups in total. The van der Waals surface area contributed by atoms with Crippen LogP contribution in [0.1, 0.15) is 37.6 Å². The third-order valence-corrected chi connectivity index (χ3v) is 6.86. The first-order chi connectivity index (χ1) is 14.6. The Morgan fingerprint density at radius 3 is 2.52 bits per heavy atom. The van der Waals surface area contributed by atoms with Gasteiger partial charge in [-0.15, -0.1) is 11.3 Å². The highest BCUT2D eigenvalue weighted by Gasteiger charge is 2.43. The molecule has 11 heteroatoms. The first-order valence-corrected chi connectivity index (χ1v) is 11.4. The number of amides is 1. The van der Waals surface area contributed by atoms with Gasteiger partial charge in [-0.25, -0.2) is 9.78 Å². The quantitative estimate of drug-likeness (QED) is 0.742. The number of hydrogen-bond acceptors (Lipinski definition) is 6. The number of aliphatic carboxylic acids is 1. The minimum Gasteiger partial charge on any atom is -0.475 e. The molecular weight excluding hydrogens is 435 g/mol. The van der Waals surface area contributed by atoms with Crippen molar-refractivity contribution in [1.82, 2.24) is 14.8 Å². The Morgan fingerprint density at radius 2 is 1.94 bits per heavy atom. The van der Waals surface area contributed by atoms with Crippen LogP contribution < -0.4 is 0 Å². The zero-order valence-corrected chi connectivity index (χ0v) is 18.2. The average molecular weight is 464 g/mol. The summed E-state index contributed by atoms with van der Waals surface area (Å²) in [5.74, 6) is -1.22. The van der Waals surface area contributed by atoms with Crippen LogP contribution in [0.2, 0.25) is 0 Å². The fourth-order valence-electron chi connectivity index (χ4n) is 4.25. The third-order valence-electron chi connectivity index (χ3n) is 6.09. The minimum absolute atomic E-state index is 0.201. The van der Waals surface area contributed by atoms with E-state index in [-0.39, 0.29) is 18.1 Å². The normalized spacial score (nSPS) is 27.4. The zero-order chi connectivity index (χ0) is 22.6. The topological polar surface area (TPSA) is 83.0 Å². The number of carboxylic acids is 1. The maximum atomic E-state index is 12.8. The van der Waals surface area contributed by atoms with Gasteiger partial charge in [-0.1, -0.05) is 6.92 Å². The summed E-state index contributed by atoms with van der Waals surface area (Å²) < 4.78 is 37.9. The Labute approximate surface area is 183 Å². The third kappa shape index (κ3) is 6.63. The molecule has 0 aliphatic carbocycles. The number of likely N-dealkylation sites (tertiary alicyclic amines) is 2. The van der Waals surface area contributed by atoms with Crippen LogP contribution in [0.25, 0.3) is 0 Å². The molecule has 3 aliphatic rings. The van der Waals surface area contributed by atoms with E-state index in [9.17, 15) is 18.0 Å². The monoisotopic (exact) mass is 463 g/mol. The molecule has 3 saturated heterocycles. The van der Waals surface area contributed by atoms with Crippen molar-refractivity contribution in [2.75, 3.05) is 26.2 Å². The van der Waals surface area contributed by atoms with E-state index in [1.54, 1.807) is 11.3 Å². The number of hydrogen-bond donors (Lipinski definition) is 1. The van der Waals surface area contributed by atoms with Gasteiger partial charge in [0.2, 0.25) is 0 Å². The van der Waals surface area contributed by atoms with Crippen LogP contribution in [0.5, 0.6) is 0 Å². The summed E-state index contributed by atoms with van der Waals surface area (Å²) in [4.78, 5) is 30.5. The van der Waals surface area contributed by atoms with E-state index < -0.39 is 12.1 Å². The highest BCUT2D eigenvalue weighted by molar-refractivity contribution is 7.09. The van der Waals surface area contributed by atoms with E-state index in [1.807, 2.05) is 16.5 Å². The Balaban J connectivity index is 0.000000339. The van der Waals surface area contributed by atoms with Crippen LogP contribution in [-0.4, -0.2) is 76.3 Å². The summed E-state index contributed by atoms with van der Waals surface area (Å²) in [6, 6.07) is 0. The Morgan fingerprint density at radius 1 is 1.26 bits per heavy atom. The van der Waals surface area contributed by atoms with Gasteiger partial charge in [0.1, 0.15) is 11.1 Å². The summed E-state index contributed by atoms with van der Waals surface area (Å²) in [6.07, 6.45) is 1.12. The lowest BCUT2D eigenvalue weighted by molar-refractivity contribution is -0.192. The number of carboxylic acid groups (broad SMARTS) is 1. The van der Waals surface area contributed by atoms with Crippen LogP contribution >= 0.6 is 11.3 Å². The number of aromatic nitrogens is 1. The van der Waals surface area contributed by atoms with Crippen LogP contribution in [0.3, 0.4) is 0 Å². The molecule has 31 heavy (non-hydrogen) atoms. The lowest BCUT2D eigenvalue weighted by Gasteiger charge is -2.33. The maximum Gasteiger partial charge on any atom is 0.490 e. The average Bonchev–Trinajstić information content (AvgIpc) is 3.37. The Bertz CT molecular complexity index is 739. The van der Waals surface area contributed by atoms with Gasteiger partial charge >= 0.3 is 12.1 Å². The van der Waals surface area contributed by atoms with E-state index in [1.165, 1.54) is 5.01 Å². The number of piperidine rings is 2. The molecule has 174 valence electrons. The molecule has 0 unspecified atom stereocenters. The number of halogens is 3. The first-order valence-electron chi connectivity index (χ1n) is 10.5. The molecule has 1 aromatic rings. The van der Waals surface area contributed by atoms with Crippen LogP contribution in [-0.2, 0) is 20.9 Å². The lowest BCUT2D eigenvalue weighted by atomic mass is 9.91. The number of nitrogens with zero attached hydrogens (tertiary/aromatic N) is 3. The van der Waals surface area contributed by atoms with Crippen LogP contribution in [0.15, 0.2) is 11.6 Å². The van der Waals surface area contributed by atoms with Crippen molar-refractivity contribution in [2.24, 2.45) is 11.8 Å². The molecule has 3 aliphatic heterocycles. The number of rotatable bonds is 3. The minimum atomic E-state index is -5.08. The van der Waals surface area contributed by atoms with E-state index >= 15 is 0 Å². The van der Waals surface area contributed by atoms with Crippen molar-refractivity contribution in [3.05, 3.63) is 16.6 Å². The van der Waals surface area contributed by atoms with Gasteiger partial charge in [-0.3, -0.25) is 9.69 Å². The van der Waals surface area contributed by atoms with Crippen molar-refractivity contribution < 1.29 is 32.6 Å². The van der Waals surface area contributed by atoms with Gasteiger partial charge in [-0.05, 0) is 44.1 Å². The van der Waals surface area contributed by atoms with Crippen molar-refractivity contribution >= 4 is 23.2 Å². The highest BCUT2D eigenvalue weighted by atomic mass is 32.1. The van der Waals surface area contributed by atoms with Gasteiger partial charge in [0.05, 0.1) is 12.6 Å². The number of fused-ring (bicyclic) bond motifs is 1. The smallest absolute Gasteiger partial charge is 0.475 e. The summed E-state index contributed by atoms with van der Waals surface area (Å²) in [7, 11) is 0. The van der Waals surface area contributed by atoms with E-state index in [2.05, 4.69) is 16.8 Å². The molecule has 0 bridgehead atoms. The molecule has 3 fully saturated rings. The van der Waals surface area contributed by atoms with Gasteiger partial charge in [0, 0.05) is 31.2 Å². The van der Waals surface area contributed by atoms with E-state index in [4.69, 9.17) is 14.6 Å². The first kappa shape index (κ1) is 23.9. The van der Waals surface area contributed by atoms with E-state index in [0.29, 0.717) is 5.92 Å². The number of alkyl halides is 3. The molecule has 0 radical (unpaired) electrons. The van der Waals surface area contributed by atoms with E-state index in [0.717, 1.165) is 64.3 Å². The molecule has 4 rings (SSSR count). The fourth-order valence-corrected chi connectivity index (χ4v) is 4.91. The second kappa shape index (κ2) is 10.3. The zero-order valence-electron chi connectivity index (χ0n) is 17.4. The van der Waals surface area contributed by atoms with Crippen molar-refractivity contribution in [2.45, 2.75) is 57.5 Å². The predicted octanol–water partition coefficient (Wildman–Crippen LogP) is 3.01. The number of carbonyl (C=O) groups excluding carboxylic acids is 1. The second-order valence-electron chi connectivity index (χ2n) is 8.42. The molecule has 7 nitrogen and oxygen atoms in total. The second-order valence-corrected chi connectivity index (χ2v) is 9.40. The van der Waals surface area contributed by atoms with Crippen molar-refractivity contribution in [3.8, 4) is 0 Å². The number of thiazole rings is 1. The van der Waals surface area contributed by atoms with Crippen LogP contribution in [0, 0.1) is 11.8 Å². The maximum absolute atomic E-state index is 12.8. The van der Waals surface area contributed by atoms with Gasteiger partial charge in [0.15, 0.2) is 0 Å². The van der Waals surface area contributed by atoms with Crippen molar-refractivity contribution in [1.29, 1.82) is 0 Å². The molecule has 1 aromatic heterocycles. The summed E-state index contributed by atoms with van der Waals surface area (Å²) >= 11 is 1.71. The van der Waals surface area contributed by atoms with Crippen LogP contribution in [0.4, 0.5) is 13.2 Å². The fraction of sp³-hybridized carbons (Fsp3) is 0.750. The Kier molecular flexibility index (Phi) is 7.92. The summed E-state index contributed by atoms with van der Waals surface area (Å²) in [5.41, 5.74) is 0. The number of ether oxygens (including phenoxy) is 1. The van der Waals surface area contributed by atoms with Crippen molar-refractivity contribution in [3.63, 3.8) is 0 Å². The molecule has 0 aromatic carbocycles. The molecule has 0 saturated carbocycles. The molecule has 4 heterocycles. The molecule has 1 amide bonds.